The second-order valence-electron chi connectivity index (χ2n) is 14.9. The minimum atomic E-state index is -4.02. The number of likely N-dealkylation sites (tertiary alicyclic amines) is 1. The fraction of sp³-hybridized carbons (Fsp3) is 0.750. The van der Waals surface area contributed by atoms with Crippen molar-refractivity contribution in [3.63, 3.8) is 0 Å². The van der Waals surface area contributed by atoms with Gasteiger partial charge in [0.05, 0.1) is 16.7 Å². The monoisotopic (exact) mass is 694 g/mol. The van der Waals surface area contributed by atoms with Crippen LogP contribution in [0.25, 0.3) is 0 Å². The molecule has 0 aromatic heterocycles. The van der Waals surface area contributed by atoms with Gasteiger partial charge in [-0.05, 0) is 88.5 Å². The molecular formula is C36H62N4O7S. The minimum Gasteiger partial charge on any atom is -0.306 e. The quantitative estimate of drug-likeness (QED) is 0.105. The van der Waals surface area contributed by atoms with E-state index in [9.17, 15) is 28.0 Å². The van der Waals surface area contributed by atoms with Gasteiger partial charge in [0.1, 0.15) is 0 Å². The maximum Gasteiger partial charge on any atom is 0.294 e. The third-order valence-electron chi connectivity index (χ3n) is 9.56. The highest BCUT2D eigenvalue weighted by Crippen LogP contribution is 2.31. The molecule has 1 aromatic carbocycles. The van der Waals surface area contributed by atoms with Crippen molar-refractivity contribution in [2.24, 2.45) is 35.5 Å². The van der Waals surface area contributed by atoms with E-state index in [1.165, 1.54) is 49.2 Å². The predicted molar refractivity (Wildman–Crippen MR) is 187 cm³/mol. The number of hydrogen-bond donors (Lipinski definition) is 4. The van der Waals surface area contributed by atoms with E-state index >= 15 is 0 Å². The highest BCUT2D eigenvalue weighted by atomic mass is 32.2. The van der Waals surface area contributed by atoms with Crippen LogP contribution in [-0.2, 0) is 24.5 Å². The fourth-order valence-corrected chi connectivity index (χ4v) is 7.27. The molecule has 2 aliphatic rings. The Kier molecular flexibility index (Phi) is 18.1. The fourth-order valence-electron chi connectivity index (χ4n) is 6.79. The maximum absolute atomic E-state index is 13.7. The summed E-state index contributed by atoms with van der Waals surface area (Å²) in [5.41, 5.74) is 5.70. The summed E-state index contributed by atoms with van der Waals surface area (Å²) in [7, 11) is -1.92. The molecule has 3 rings (SSSR count). The molecule has 1 aliphatic carbocycles. The number of amides is 3. The van der Waals surface area contributed by atoms with Crippen molar-refractivity contribution in [1.29, 1.82) is 0 Å². The Hall–Kier alpha value is -2.54. The van der Waals surface area contributed by atoms with Gasteiger partial charge in [0.2, 0.25) is 17.7 Å². The van der Waals surface area contributed by atoms with E-state index in [4.69, 9.17) is 4.55 Å². The molecule has 3 amide bonds. The van der Waals surface area contributed by atoms with Crippen molar-refractivity contribution in [3.05, 3.63) is 29.8 Å². The van der Waals surface area contributed by atoms with E-state index in [0.29, 0.717) is 37.6 Å². The van der Waals surface area contributed by atoms with Crippen LogP contribution in [-0.4, -0.2) is 72.5 Å². The van der Waals surface area contributed by atoms with Crippen molar-refractivity contribution >= 4 is 27.8 Å². The first-order valence-corrected chi connectivity index (χ1v) is 19.3. The summed E-state index contributed by atoms with van der Waals surface area (Å²) in [4.78, 5) is 42.0. The number of carbonyl (C=O) groups is 3. The van der Waals surface area contributed by atoms with Crippen molar-refractivity contribution in [2.75, 3.05) is 26.7 Å². The molecule has 1 aliphatic heterocycles. The zero-order valence-corrected chi connectivity index (χ0v) is 30.9. The van der Waals surface area contributed by atoms with Gasteiger partial charge < -0.3 is 4.90 Å². The Balaban J connectivity index is 0.000000613. The average Bonchev–Trinajstić information content (AvgIpc) is 3.03. The van der Waals surface area contributed by atoms with Gasteiger partial charge in [-0.1, -0.05) is 90.3 Å². The molecule has 12 heteroatoms. The Morgan fingerprint density at radius 2 is 1.50 bits per heavy atom. The summed E-state index contributed by atoms with van der Waals surface area (Å²) < 4.78 is 29.6. The second-order valence-corrected chi connectivity index (χ2v) is 16.3. The van der Waals surface area contributed by atoms with E-state index in [1.807, 2.05) is 40.1 Å². The highest BCUT2D eigenvalue weighted by Gasteiger charge is 2.36. The largest absolute Gasteiger partial charge is 0.306 e. The normalized spacial score (nSPS) is 17.7. The number of rotatable bonds is 14. The lowest BCUT2D eigenvalue weighted by atomic mass is 9.79. The Bertz CT molecular complexity index is 1230. The van der Waals surface area contributed by atoms with Crippen LogP contribution in [0.15, 0.2) is 29.2 Å². The molecule has 274 valence electrons. The number of nitrogens with zero attached hydrogens (tertiary/aromatic N) is 2. The number of aryl methyl sites for hydroxylation is 1. The lowest BCUT2D eigenvalue weighted by molar-refractivity contribution is -0.148. The molecule has 1 aromatic rings. The molecule has 1 saturated heterocycles. The zero-order chi connectivity index (χ0) is 35.9. The van der Waals surface area contributed by atoms with Crippen LogP contribution in [0.4, 0.5) is 0 Å². The van der Waals surface area contributed by atoms with E-state index in [-0.39, 0.29) is 28.5 Å². The number of hydrazine groups is 1. The molecule has 1 saturated carbocycles. The topological polar surface area (TPSA) is 156 Å². The Morgan fingerprint density at radius 1 is 0.896 bits per heavy atom. The third-order valence-corrected chi connectivity index (χ3v) is 10.4. The van der Waals surface area contributed by atoms with Gasteiger partial charge in [0.15, 0.2) is 0 Å². The van der Waals surface area contributed by atoms with Gasteiger partial charge in [-0.25, -0.2) is 5.48 Å². The Morgan fingerprint density at radius 3 is 2.02 bits per heavy atom. The van der Waals surface area contributed by atoms with Crippen LogP contribution in [0.3, 0.4) is 0 Å². The SMILES string of the molecule is CC(C)C[C@@H](C(=O)NN(CC(C)C)C(=O)CC1CCN(C)CC1)C(CCCC1CCCCC1)C(=O)NO.Cc1ccc(S(=O)(=O)O)cc1. The van der Waals surface area contributed by atoms with E-state index in [2.05, 4.69) is 17.4 Å². The van der Waals surface area contributed by atoms with Crippen LogP contribution in [0.5, 0.6) is 0 Å². The van der Waals surface area contributed by atoms with Gasteiger partial charge in [0, 0.05) is 13.0 Å². The lowest BCUT2D eigenvalue weighted by Gasteiger charge is -2.33. The van der Waals surface area contributed by atoms with E-state index < -0.39 is 27.9 Å². The van der Waals surface area contributed by atoms with Crippen LogP contribution >= 0.6 is 0 Å². The smallest absolute Gasteiger partial charge is 0.294 e. The molecule has 1 unspecified atom stereocenters. The number of carbonyl (C=O) groups excluding carboxylic acids is 3. The summed E-state index contributed by atoms with van der Waals surface area (Å²) in [5, 5.41) is 11.0. The number of piperidine rings is 1. The van der Waals surface area contributed by atoms with Gasteiger partial charge in [-0.3, -0.25) is 34.6 Å². The van der Waals surface area contributed by atoms with Crippen molar-refractivity contribution in [1.82, 2.24) is 20.8 Å². The van der Waals surface area contributed by atoms with Gasteiger partial charge in [-0.15, -0.1) is 0 Å². The first-order valence-electron chi connectivity index (χ1n) is 17.9. The van der Waals surface area contributed by atoms with E-state index in [0.717, 1.165) is 44.3 Å². The molecule has 48 heavy (non-hydrogen) atoms. The molecular weight excluding hydrogens is 632 g/mol. The maximum atomic E-state index is 13.7. The first-order chi connectivity index (χ1) is 22.6. The summed E-state index contributed by atoms with van der Waals surface area (Å²) >= 11 is 0. The summed E-state index contributed by atoms with van der Waals surface area (Å²) in [6.07, 6.45) is 11.8. The lowest BCUT2D eigenvalue weighted by Crippen LogP contribution is -2.52. The number of hydroxylamine groups is 1. The van der Waals surface area contributed by atoms with Crippen LogP contribution < -0.4 is 10.9 Å². The minimum absolute atomic E-state index is 0.0552. The first kappa shape index (κ1) is 41.6. The van der Waals surface area contributed by atoms with Gasteiger partial charge in [0.25, 0.3) is 10.1 Å². The molecule has 0 spiro atoms. The number of nitrogens with one attached hydrogen (secondary N) is 2. The molecule has 0 radical (unpaired) electrons. The summed E-state index contributed by atoms with van der Waals surface area (Å²) in [6, 6.07) is 5.99. The molecule has 0 bridgehead atoms. The van der Waals surface area contributed by atoms with Crippen molar-refractivity contribution in [3.8, 4) is 0 Å². The molecule has 2 fully saturated rings. The predicted octanol–water partition coefficient (Wildman–Crippen LogP) is 6.01. The Labute approximate surface area is 289 Å². The van der Waals surface area contributed by atoms with Gasteiger partial charge in [-0.2, -0.15) is 8.42 Å². The third kappa shape index (κ3) is 15.3. The number of hydrogen-bond acceptors (Lipinski definition) is 7. The highest BCUT2D eigenvalue weighted by molar-refractivity contribution is 7.85. The molecule has 1 heterocycles. The summed E-state index contributed by atoms with van der Waals surface area (Å²) in [6.45, 7) is 12.4. The van der Waals surface area contributed by atoms with Crippen molar-refractivity contribution in [2.45, 2.75) is 117 Å². The molecule has 4 N–H and O–H groups in total. The van der Waals surface area contributed by atoms with Crippen LogP contribution in [0, 0.1) is 42.4 Å². The molecule has 2 atom stereocenters. The average molecular weight is 695 g/mol. The standard InChI is InChI=1S/C29H54N4O4.C7H8O3S/c1-21(2)18-26(25(29(36)31-37)13-9-12-23-10-7-6-8-11-23)28(35)30-33(20-22(3)4)27(34)19-24-14-16-32(5)17-15-24;1-6-2-4-7(5-3-6)11(8,9)10/h21-26,37H,6-20H2,1-5H3,(H,30,35)(H,31,36);2-5H,1H3,(H,8,9,10)/t25?,26-;/m1./s1. The molecule has 11 nitrogen and oxygen atoms in total. The van der Waals surface area contributed by atoms with E-state index in [1.54, 1.807) is 12.1 Å². The van der Waals surface area contributed by atoms with Crippen LogP contribution in [0.2, 0.25) is 0 Å². The van der Waals surface area contributed by atoms with Crippen molar-refractivity contribution < 1.29 is 32.6 Å². The number of benzene rings is 1. The summed E-state index contributed by atoms with van der Waals surface area (Å²) in [5.74, 6) is -0.675. The zero-order valence-electron chi connectivity index (χ0n) is 30.1. The van der Waals surface area contributed by atoms with Crippen LogP contribution in [0.1, 0.15) is 110 Å². The van der Waals surface area contributed by atoms with Gasteiger partial charge >= 0.3 is 0 Å². The second kappa shape index (κ2) is 20.9.